The van der Waals surface area contributed by atoms with Gasteiger partial charge in [-0.1, -0.05) is 24.3 Å². The Kier molecular flexibility index (Phi) is 5.00. The molecule has 0 spiro atoms. The summed E-state index contributed by atoms with van der Waals surface area (Å²) < 4.78 is 21.8. The molecule has 1 aromatic heterocycles. The zero-order chi connectivity index (χ0) is 15.5. The zero-order valence-corrected chi connectivity index (χ0v) is 13.5. The van der Waals surface area contributed by atoms with Crippen LogP contribution in [0.2, 0.25) is 0 Å². The molecule has 3 aromatic rings. The number of aromatic nitrogens is 1. The van der Waals surface area contributed by atoms with Crippen LogP contribution in [-0.2, 0) is 10.0 Å². The Morgan fingerprint density at radius 2 is 1.67 bits per heavy atom. The summed E-state index contributed by atoms with van der Waals surface area (Å²) in [5.74, 6) is 0. The van der Waals surface area contributed by atoms with Gasteiger partial charge in [0.2, 0.25) is 10.0 Å². The average Bonchev–Trinajstić information content (AvgIpc) is 2.89. The Bertz CT molecular complexity index is 827. The maximum absolute atomic E-state index is 10.9. The van der Waals surface area contributed by atoms with E-state index >= 15 is 0 Å². The molecule has 1 heterocycles. The number of fused-ring (bicyclic) bond motifs is 1. The van der Waals surface area contributed by atoms with Crippen LogP contribution in [0.3, 0.4) is 0 Å². The van der Waals surface area contributed by atoms with Crippen molar-refractivity contribution in [2.24, 2.45) is 5.14 Å². The fraction of sp³-hybridized carbons (Fsp3) is 0. The number of sulfonamides is 1. The smallest absolute Gasteiger partial charge is 0.239 e. The number of nitrogens with two attached hydrogens (primary N) is 1. The number of para-hydroxylation sites is 1. The second kappa shape index (κ2) is 6.57. The maximum atomic E-state index is 10.9. The summed E-state index contributed by atoms with van der Waals surface area (Å²) in [6, 6.07) is 14.9. The van der Waals surface area contributed by atoms with Gasteiger partial charge in [0, 0.05) is 21.5 Å². The van der Waals surface area contributed by atoms with Gasteiger partial charge in [-0.25, -0.2) is 13.6 Å². The normalized spacial score (nSPS) is 11.0. The number of rotatable bonds is 1. The number of benzene rings is 2. The third-order valence-corrected chi connectivity index (χ3v) is 4.88. The average molecular weight is 338 g/mol. The highest BCUT2D eigenvalue weighted by molar-refractivity contribution is 7.90. The third kappa shape index (κ3) is 4.04. The SMILES string of the molecule is NS(=O)(=O)c1cccc(S)c1S.c1ccc2[nH]ccc2c1. The lowest BCUT2D eigenvalue weighted by molar-refractivity contribution is 0.595. The van der Waals surface area contributed by atoms with E-state index in [4.69, 9.17) is 5.14 Å². The number of hydrogen-bond acceptors (Lipinski definition) is 4. The van der Waals surface area contributed by atoms with Crippen molar-refractivity contribution in [2.45, 2.75) is 14.7 Å². The Labute approximate surface area is 134 Å². The van der Waals surface area contributed by atoms with Gasteiger partial charge in [0.15, 0.2) is 0 Å². The number of primary sulfonamides is 1. The van der Waals surface area contributed by atoms with Crippen LogP contribution >= 0.6 is 25.3 Å². The lowest BCUT2D eigenvalue weighted by Gasteiger charge is -2.03. The summed E-state index contributed by atoms with van der Waals surface area (Å²) >= 11 is 7.97. The van der Waals surface area contributed by atoms with Gasteiger partial charge in [0.1, 0.15) is 0 Å². The van der Waals surface area contributed by atoms with Crippen LogP contribution in [0.1, 0.15) is 0 Å². The van der Waals surface area contributed by atoms with Crippen molar-refractivity contribution in [1.82, 2.24) is 4.98 Å². The van der Waals surface area contributed by atoms with Gasteiger partial charge in [0.25, 0.3) is 0 Å². The van der Waals surface area contributed by atoms with E-state index in [2.05, 4.69) is 48.4 Å². The Morgan fingerprint density at radius 1 is 0.952 bits per heavy atom. The maximum Gasteiger partial charge on any atom is 0.239 e. The zero-order valence-electron chi connectivity index (χ0n) is 10.9. The second-order valence-corrected chi connectivity index (χ2v) is 6.69. The van der Waals surface area contributed by atoms with Crippen LogP contribution in [0, 0.1) is 0 Å². The van der Waals surface area contributed by atoms with Crippen LogP contribution < -0.4 is 5.14 Å². The van der Waals surface area contributed by atoms with Crippen molar-refractivity contribution < 1.29 is 8.42 Å². The van der Waals surface area contributed by atoms with E-state index in [9.17, 15) is 8.42 Å². The predicted octanol–water partition coefficient (Wildman–Crippen LogP) is 3.08. The van der Waals surface area contributed by atoms with Crippen LogP contribution in [0.5, 0.6) is 0 Å². The van der Waals surface area contributed by atoms with Gasteiger partial charge >= 0.3 is 0 Å². The molecule has 21 heavy (non-hydrogen) atoms. The molecule has 7 heteroatoms. The highest BCUT2D eigenvalue weighted by atomic mass is 32.2. The molecule has 0 bridgehead atoms. The summed E-state index contributed by atoms with van der Waals surface area (Å²) in [7, 11) is -3.68. The minimum atomic E-state index is -3.68. The molecule has 110 valence electrons. The first kappa shape index (κ1) is 16.0. The molecule has 0 aliphatic carbocycles. The molecular weight excluding hydrogens is 324 g/mol. The van der Waals surface area contributed by atoms with Gasteiger partial charge < -0.3 is 4.98 Å². The molecule has 2 aromatic carbocycles. The molecule has 0 atom stereocenters. The van der Waals surface area contributed by atoms with Crippen molar-refractivity contribution in [3.8, 4) is 0 Å². The second-order valence-electron chi connectivity index (χ2n) is 4.23. The first-order chi connectivity index (χ1) is 9.89. The summed E-state index contributed by atoms with van der Waals surface area (Å²) in [4.78, 5) is 3.89. The number of nitrogens with one attached hydrogen (secondary N) is 1. The monoisotopic (exact) mass is 338 g/mol. The van der Waals surface area contributed by atoms with Gasteiger partial charge in [-0.2, -0.15) is 0 Å². The number of hydrogen-bond donors (Lipinski definition) is 4. The Hall–Kier alpha value is -1.41. The molecule has 4 nitrogen and oxygen atoms in total. The van der Waals surface area contributed by atoms with Crippen LogP contribution in [0.15, 0.2) is 69.4 Å². The first-order valence-electron chi connectivity index (χ1n) is 5.95. The Morgan fingerprint density at radius 3 is 2.29 bits per heavy atom. The molecule has 0 saturated heterocycles. The molecule has 3 N–H and O–H groups in total. The van der Waals surface area contributed by atoms with E-state index in [-0.39, 0.29) is 9.79 Å². The first-order valence-corrected chi connectivity index (χ1v) is 8.39. The fourth-order valence-electron chi connectivity index (χ4n) is 1.74. The molecular formula is C14H14N2O2S3. The molecule has 3 rings (SSSR count). The van der Waals surface area contributed by atoms with E-state index < -0.39 is 10.0 Å². The lowest BCUT2D eigenvalue weighted by Crippen LogP contribution is -2.12. The van der Waals surface area contributed by atoms with Crippen molar-refractivity contribution in [2.75, 3.05) is 0 Å². The van der Waals surface area contributed by atoms with Crippen molar-refractivity contribution in [1.29, 1.82) is 0 Å². The molecule has 0 unspecified atom stereocenters. The van der Waals surface area contributed by atoms with Crippen LogP contribution in [0.4, 0.5) is 0 Å². The molecule has 0 saturated carbocycles. The third-order valence-electron chi connectivity index (χ3n) is 2.75. The quantitative estimate of drug-likeness (QED) is 0.515. The van der Waals surface area contributed by atoms with E-state index in [1.165, 1.54) is 17.0 Å². The summed E-state index contributed by atoms with van der Waals surface area (Å²) in [6.45, 7) is 0. The lowest BCUT2D eigenvalue weighted by atomic mass is 10.3. The molecule has 0 amide bonds. The van der Waals surface area contributed by atoms with Crippen molar-refractivity contribution >= 4 is 46.2 Å². The van der Waals surface area contributed by atoms with Gasteiger partial charge in [0.05, 0.1) is 4.90 Å². The van der Waals surface area contributed by atoms with Crippen molar-refractivity contribution in [3.63, 3.8) is 0 Å². The predicted molar refractivity (Wildman–Crippen MR) is 90.6 cm³/mol. The molecule has 0 radical (unpaired) electrons. The number of aromatic amines is 1. The number of H-pyrrole nitrogens is 1. The standard InChI is InChI=1S/C8H7N.C6H7NO2S3/c1-2-4-8-7(3-1)5-6-9-8;7-12(8,9)5-3-1-2-4(10)6(5)11/h1-6,9H;1-3,10-11H,(H2,7,8,9). The summed E-state index contributed by atoms with van der Waals surface area (Å²) in [5, 5.41) is 6.19. The van der Waals surface area contributed by atoms with Gasteiger partial charge in [-0.3, -0.25) is 0 Å². The summed E-state index contributed by atoms with van der Waals surface area (Å²) in [5.41, 5.74) is 1.21. The van der Waals surface area contributed by atoms with Crippen molar-refractivity contribution in [3.05, 3.63) is 54.7 Å². The van der Waals surface area contributed by atoms with E-state index in [1.54, 1.807) is 12.1 Å². The highest BCUT2D eigenvalue weighted by Gasteiger charge is 2.12. The number of thiol groups is 2. The summed E-state index contributed by atoms with van der Waals surface area (Å²) in [6.07, 6.45) is 1.95. The minimum absolute atomic E-state index is 0.00154. The Balaban J connectivity index is 0.000000159. The molecule has 0 fully saturated rings. The van der Waals surface area contributed by atoms with E-state index in [0.717, 1.165) is 0 Å². The minimum Gasteiger partial charge on any atom is -0.361 e. The largest absolute Gasteiger partial charge is 0.361 e. The molecule has 0 aliphatic rings. The van der Waals surface area contributed by atoms with Gasteiger partial charge in [-0.05, 0) is 29.7 Å². The topological polar surface area (TPSA) is 76.0 Å². The van der Waals surface area contributed by atoms with Crippen LogP contribution in [0.25, 0.3) is 10.9 Å². The fourth-order valence-corrected chi connectivity index (χ4v) is 3.20. The van der Waals surface area contributed by atoms with Crippen LogP contribution in [-0.4, -0.2) is 13.4 Å². The van der Waals surface area contributed by atoms with E-state index in [0.29, 0.717) is 4.90 Å². The highest BCUT2D eigenvalue weighted by Crippen LogP contribution is 2.24. The molecule has 0 aliphatic heterocycles. The van der Waals surface area contributed by atoms with Gasteiger partial charge in [-0.15, -0.1) is 25.3 Å². The van der Waals surface area contributed by atoms with E-state index in [1.807, 2.05) is 18.3 Å².